The monoisotopic (exact) mass is 421 g/mol. The third kappa shape index (κ3) is 3.72. The van der Waals surface area contributed by atoms with E-state index in [4.69, 9.17) is 16.3 Å². The molecule has 3 rings (SSSR count). The Morgan fingerprint density at radius 3 is 2.84 bits per heavy atom. The average Bonchev–Trinajstić information content (AvgIpc) is 2.85. The highest BCUT2D eigenvalue weighted by Gasteiger charge is 2.31. The number of Topliss-reactive ketones (excluding diaryl/α,β-unsaturated/α-hetero) is 1. The van der Waals surface area contributed by atoms with Crippen molar-refractivity contribution in [2.24, 2.45) is 0 Å². The number of aryl methyl sites for hydroxylation is 1. The lowest BCUT2D eigenvalue weighted by atomic mass is 10.0. The summed E-state index contributed by atoms with van der Waals surface area (Å²) in [6.45, 7) is 3.75. The van der Waals surface area contributed by atoms with Crippen LogP contribution in [0.25, 0.3) is 0 Å². The van der Waals surface area contributed by atoms with Crippen LogP contribution in [-0.4, -0.2) is 18.3 Å². The van der Waals surface area contributed by atoms with Gasteiger partial charge in [-0.15, -0.1) is 0 Å². The van der Waals surface area contributed by atoms with Crippen molar-refractivity contribution >= 4 is 44.9 Å². The molecule has 0 saturated carbocycles. The van der Waals surface area contributed by atoms with Crippen LogP contribution in [0, 0.1) is 6.92 Å². The molecule has 1 amide bonds. The Morgan fingerprint density at radius 1 is 1.36 bits per heavy atom. The van der Waals surface area contributed by atoms with E-state index in [0.717, 1.165) is 15.6 Å². The molecule has 0 fully saturated rings. The Morgan fingerprint density at radius 2 is 2.12 bits per heavy atom. The molecule has 0 radical (unpaired) electrons. The molecule has 130 valence electrons. The minimum absolute atomic E-state index is 0.00156. The summed E-state index contributed by atoms with van der Waals surface area (Å²) in [5.41, 5.74) is 3.07. The Labute approximate surface area is 159 Å². The summed E-state index contributed by atoms with van der Waals surface area (Å²) in [6.07, 6.45) is 0.415. The highest BCUT2D eigenvalue weighted by molar-refractivity contribution is 9.10. The number of anilines is 1. The number of hydrogen-bond donors (Lipinski definition) is 1. The Balaban J connectivity index is 1.72. The second kappa shape index (κ2) is 7.18. The number of nitrogens with one attached hydrogen (secondary N) is 1. The van der Waals surface area contributed by atoms with Crippen molar-refractivity contribution in [1.82, 2.24) is 0 Å². The van der Waals surface area contributed by atoms with Crippen LogP contribution in [0.15, 0.2) is 34.8 Å². The number of ether oxygens (including phenoxy) is 1. The van der Waals surface area contributed by atoms with Crippen molar-refractivity contribution in [3.05, 3.63) is 56.5 Å². The van der Waals surface area contributed by atoms with Gasteiger partial charge < -0.3 is 10.1 Å². The van der Waals surface area contributed by atoms with Crippen molar-refractivity contribution in [3.63, 3.8) is 0 Å². The van der Waals surface area contributed by atoms with E-state index in [1.807, 2.05) is 32.0 Å². The van der Waals surface area contributed by atoms with Gasteiger partial charge in [0.2, 0.25) is 0 Å². The van der Waals surface area contributed by atoms with Crippen molar-refractivity contribution in [3.8, 4) is 5.75 Å². The molecule has 0 saturated heterocycles. The van der Waals surface area contributed by atoms with Crippen LogP contribution >= 0.6 is 27.5 Å². The SMILES string of the molecule is Cc1ccc(NC(=O)COc2ccc(Cl)c3c2C(=O)CC3C)c(Br)c1. The maximum Gasteiger partial charge on any atom is 0.262 e. The van der Waals surface area contributed by atoms with Crippen LogP contribution in [0.5, 0.6) is 5.75 Å². The van der Waals surface area contributed by atoms with E-state index in [-0.39, 0.29) is 24.2 Å². The zero-order chi connectivity index (χ0) is 18.1. The van der Waals surface area contributed by atoms with Gasteiger partial charge in [0.1, 0.15) is 5.75 Å². The van der Waals surface area contributed by atoms with E-state index in [0.29, 0.717) is 28.4 Å². The number of rotatable bonds is 4. The van der Waals surface area contributed by atoms with Gasteiger partial charge >= 0.3 is 0 Å². The molecule has 0 bridgehead atoms. The lowest BCUT2D eigenvalue weighted by molar-refractivity contribution is -0.118. The molecule has 2 aromatic carbocycles. The first-order valence-electron chi connectivity index (χ1n) is 7.91. The molecular formula is C19H17BrClNO3. The van der Waals surface area contributed by atoms with Crippen LogP contribution in [0.2, 0.25) is 5.02 Å². The van der Waals surface area contributed by atoms with Crippen molar-refractivity contribution in [2.45, 2.75) is 26.2 Å². The lowest BCUT2D eigenvalue weighted by Gasteiger charge is -2.13. The van der Waals surface area contributed by atoms with Gasteiger partial charge in [-0.2, -0.15) is 0 Å². The van der Waals surface area contributed by atoms with E-state index in [9.17, 15) is 9.59 Å². The molecule has 4 nitrogen and oxygen atoms in total. The average molecular weight is 423 g/mol. The van der Waals surface area contributed by atoms with Crippen molar-refractivity contribution in [1.29, 1.82) is 0 Å². The standard InChI is InChI=1S/C19H17BrClNO3/c1-10-3-5-14(12(20)7-10)22-17(24)9-25-16-6-4-13(21)18-11(2)8-15(23)19(16)18/h3-7,11H,8-9H2,1-2H3,(H,22,24). The molecule has 1 atom stereocenters. The lowest BCUT2D eigenvalue weighted by Crippen LogP contribution is -2.21. The first-order chi connectivity index (χ1) is 11.9. The minimum atomic E-state index is -0.299. The van der Waals surface area contributed by atoms with E-state index < -0.39 is 0 Å². The van der Waals surface area contributed by atoms with E-state index in [1.54, 1.807) is 12.1 Å². The van der Waals surface area contributed by atoms with Crippen LogP contribution in [0.3, 0.4) is 0 Å². The van der Waals surface area contributed by atoms with Crippen LogP contribution in [0.4, 0.5) is 5.69 Å². The Hall–Kier alpha value is -1.85. The summed E-state index contributed by atoms with van der Waals surface area (Å²) in [5.74, 6) is 0.177. The quantitative estimate of drug-likeness (QED) is 0.744. The van der Waals surface area contributed by atoms with E-state index in [1.165, 1.54) is 0 Å². The molecule has 25 heavy (non-hydrogen) atoms. The van der Waals surface area contributed by atoms with Crippen molar-refractivity contribution < 1.29 is 14.3 Å². The fourth-order valence-corrected chi connectivity index (χ4v) is 3.93. The first-order valence-corrected chi connectivity index (χ1v) is 9.08. The number of carbonyl (C=O) groups excluding carboxylic acids is 2. The molecule has 1 aliphatic rings. The number of halogens is 2. The summed E-state index contributed by atoms with van der Waals surface area (Å²) in [4.78, 5) is 24.4. The highest BCUT2D eigenvalue weighted by Crippen LogP contribution is 2.42. The molecular weight excluding hydrogens is 406 g/mol. The van der Waals surface area contributed by atoms with Gasteiger partial charge in [-0.1, -0.05) is 24.6 Å². The molecule has 1 aliphatic carbocycles. The fourth-order valence-electron chi connectivity index (χ4n) is 3.00. The zero-order valence-electron chi connectivity index (χ0n) is 13.9. The van der Waals surface area contributed by atoms with Gasteiger partial charge in [-0.25, -0.2) is 0 Å². The summed E-state index contributed by atoms with van der Waals surface area (Å²) >= 11 is 9.63. The molecule has 0 aliphatic heterocycles. The Kier molecular flexibility index (Phi) is 5.16. The van der Waals surface area contributed by atoms with Crippen LogP contribution < -0.4 is 10.1 Å². The maximum atomic E-state index is 12.2. The predicted molar refractivity (Wildman–Crippen MR) is 102 cm³/mol. The molecule has 0 aromatic heterocycles. The van der Waals surface area contributed by atoms with E-state index >= 15 is 0 Å². The number of fused-ring (bicyclic) bond motifs is 1. The molecule has 1 unspecified atom stereocenters. The largest absolute Gasteiger partial charge is 0.483 e. The number of benzene rings is 2. The summed E-state index contributed by atoms with van der Waals surface area (Å²) < 4.78 is 6.42. The Bertz CT molecular complexity index is 866. The maximum absolute atomic E-state index is 12.2. The molecule has 0 spiro atoms. The van der Waals surface area contributed by atoms with Crippen LogP contribution in [0.1, 0.15) is 40.7 Å². The number of carbonyl (C=O) groups is 2. The number of ketones is 1. The van der Waals surface area contributed by atoms with Gasteiger partial charge in [0.05, 0.1) is 11.3 Å². The minimum Gasteiger partial charge on any atom is -0.483 e. The first kappa shape index (κ1) is 18.0. The van der Waals surface area contributed by atoms with Crippen LogP contribution in [-0.2, 0) is 4.79 Å². The van der Waals surface area contributed by atoms with Gasteiger partial charge in [-0.3, -0.25) is 9.59 Å². The van der Waals surface area contributed by atoms with Gasteiger partial charge in [0.25, 0.3) is 5.91 Å². The van der Waals surface area contributed by atoms with Gasteiger partial charge in [-0.05, 0) is 64.2 Å². The smallest absolute Gasteiger partial charge is 0.262 e. The van der Waals surface area contributed by atoms with Gasteiger partial charge in [0.15, 0.2) is 12.4 Å². The molecule has 0 heterocycles. The number of amides is 1. The highest BCUT2D eigenvalue weighted by atomic mass is 79.9. The summed E-state index contributed by atoms with van der Waals surface area (Å²) in [7, 11) is 0. The number of hydrogen-bond acceptors (Lipinski definition) is 3. The third-order valence-corrected chi connectivity index (χ3v) is 5.16. The summed E-state index contributed by atoms with van der Waals surface area (Å²) in [6, 6.07) is 9.00. The fraction of sp³-hybridized carbons (Fsp3) is 0.263. The summed E-state index contributed by atoms with van der Waals surface area (Å²) in [5, 5.41) is 3.35. The van der Waals surface area contributed by atoms with Crippen molar-refractivity contribution in [2.75, 3.05) is 11.9 Å². The third-order valence-electron chi connectivity index (χ3n) is 4.17. The molecule has 1 N–H and O–H groups in total. The second-order valence-electron chi connectivity index (χ2n) is 6.18. The normalized spacial score (nSPS) is 15.8. The second-order valence-corrected chi connectivity index (χ2v) is 7.44. The topological polar surface area (TPSA) is 55.4 Å². The zero-order valence-corrected chi connectivity index (χ0v) is 16.2. The van der Waals surface area contributed by atoms with E-state index in [2.05, 4.69) is 21.2 Å². The van der Waals surface area contributed by atoms with Gasteiger partial charge in [0, 0.05) is 15.9 Å². The molecule has 2 aromatic rings. The molecule has 6 heteroatoms. The predicted octanol–water partition coefficient (Wildman–Crippen LogP) is 5.12.